The van der Waals surface area contributed by atoms with E-state index in [2.05, 4.69) is 9.55 Å². The van der Waals surface area contributed by atoms with Gasteiger partial charge in [-0.15, -0.1) is 0 Å². The number of aliphatic hydroxyl groups is 1. The lowest BCUT2D eigenvalue weighted by Gasteiger charge is -2.20. The molecule has 1 aliphatic rings. The summed E-state index contributed by atoms with van der Waals surface area (Å²) >= 11 is 0. The number of phenolic OH excluding ortho intramolecular Hbond substituents is 1. The van der Waals surface area contributed by atoms with E-state index in [-0.39, 0.29) is 11.9 Å². The molecular formula is C13H14N2O2. The number of imidazole rings is 1. The molecule has 3 rings (SSSR count). The first-order chi connectivity index (χ1) is 8.24. The molecule has 4 nitrogen and oxygen atoms in total. The molecular weight excluding hydrogens is 216 g/mol. The van der Waals surface area contributed by atoms with Gasteiger partial charge in [-0.2, -0.15) is 0 Å². The Hall–Kier alpha value is -1.81. The minimum Gasteiger partial charge on any atom is -0.508 e. The summed E-state index contributed by atoms with van der Waals surface area (Å²) in [6, 6.07) is 7.16. The van der Waals surface area contributed by atoms with Crippen LogP contribution in [0.3, 0.4) is 0 Å². The van der Waals surface area contributed by atoms with E-state index in [4.69, 9.17) is 0 Å². The number of fused-ring (bicyclic) bond motifs is 1. The zero-order valence-corrected chi connectivity index (χ0v) is 9.37. The van der Waals surface area contributed by atoms with Gasteiger partial charge in [-0.25, -0.2) is 4.98 Å². The maximum absolute atomic E-state index is 9.59. The van der Waals surface area contributed by atoms with Crippen molar-refractivity contribution in [2.24, 2.45) is 0 Å². The average Bonchev–Trinajstić information content (AvgIpc) is 2.71. The Morgan fingerprint density at radius 2 is 2.24 bits per heavy atom. The standard InChI is InChI=1S/C13H14N2O2/c16-10-3-1-2-9(6-10)12-8-14-13-7-11(17)4-5-15(12)13/h1-3,6,8,11,16-17H,4-5,7H2. The van der Waals surface area contributed by atoms with Gasteiger partial charge in [0.1, 0.15) is 11.6 Å². The molecule has 1 aliphatic heterocycles. The summed E-state index contributed by atoms with van der Waals surface area (Å²) in [7, 11) is 0. The van der Waals surface area contributed by atoms with Gasteiger partial charge >= 0.3 is 0 Å². The van der Waals surface area contributed by atoms with Gasteiger partial charge in [0.25, 0.3) is 0 Å². The van der Waals surface area contributed by atoms with E-state index in [1.165, 1.54) is 0 Å². The Labute approximate surface area is 99.2 Å². The normalized spacial score (nSPS) is 19.0. The highest BCUT2D eigenvalue weighted by molar-refractivity contribution is 5.61. The van der Waals surface area contributed by atoms with Crippen LogP contribution in [0.15, 0.2) is 30.5 Å². The van der Waals surface area contributed by atoms with Crippen LogP contribution in [-0.4, -0.2) is 25.9 Å². The molecule has 0 bridgehead atoms. The van der Waals surface area contributed by atoms with Crippen LogP contribution < -0.4 is 0 Å². The van der Waals surface area contributed by atoms with E-state index >= 15 is 0 Å². The number of aromatic nitrogens is 2. The second-order valence-electron chi connectivity index (χ2n) is 4.41. The lowest BCUT2D eigenvalue weighted by Crippen LogP contribution is -2.23. The second-order valence-corrected chi connectivity index (χ2v) is 4.41. The molecule has 0 aliphatic carbocycles. The van der Waals surface area contributed by atoms with Crippen LogP contribution in [0.4, 0.5) is 0 Å². The predicted octanol–water partition coefficient (Wildman–Crippen LogP) is 1.56. The molecule has 0 radical (unpaired) electrons. The number of hydrogen-bond acceptors (Lipinski definition) is 3. The number of aliphatic hydroxyl groups excluding tert-OH is 1. The van der Waals surface area contributed by atoms with Gasteiger partial charge in [0.05, 0.1) is 18.0 Å². The molecule has 0 saturated heterocycles. The van der Waals surface area contributed by atoms with Crippen LogP contribution in [0, 0.1) is 0 Å². The Balaban J connectivity index is 2.05. The first-order valence-corrected chi connectivity index (χ1v) is 5.76. The molecule has 0 spiro atoms. The van der Waals surface area contributed by atoms with Crippen molar-refractivity contribution in [3.05, 3.63) is 36.3 Å². The molecule has 0 saturated carbocycles. The number of nitrogens with zero attached hydrogens (tertiary/aromatic N) is 2. The monoisotopic (exact) mass is 230 g/mol. The highest BCUT2D eigenvalue weighted by Crippen LogP contribution is 2.27. The molecule has 2 N–H and O–H groups in total. The lowest BCUT2D eigenvalue weighted by atomic mass is 10.1. The van der Waals surface area contributed by atoms with Crippen molar-refractivity contribution in [2.45, 2.75) is 25.5 Å². The SMILES string of the molecule is Oc1cccc(-c2cnc3n2CCC(O)C3)c1. The Morgan fingerprint density at radius 1 is 1.35 bits per heavy atom. The van der Waals surface area contributed by atoms with Crippen molar-refractivity contribution in [1.82, 2.24) is 9.55 Å². The van der Waals surface area contributed by atoms with E-state index in [0.29, 0.717) is 6.42 Å². The molecule has 2 heterocycles. The summed E-state index contributed by atoms with van der Waals surface area (Å²) in [4.78, 5) is 4.33. The summed E-state index contributed by atoms with van der Waals surface area (Å²) in [5, 5.41) is 19.1. The van der Waals surface area contributed by atoms with Gasteiger partial charge in [-0.1, -0.05) is 12.1 Å². The number of benzene rings is 1. The van der Waals surface area contributed by atoms with Crippen molar-refractivity contribution >= 4 is 0 Å². The first kappa shape index (κ1) is 10.4. The van der Waals surface area contributed by atoms with Crippen molar-refractivity contribution < 1.29 is 10.2 Å². The van der Waals surface area contributed by atoms with Crippen molar-refractivity contribution in [3.8, 4) is 17.0 Å². The molecule has 2 aromatic rings. The number of aromatic hydroxyl groups is 1. The molecule has 1 unspecified atom stereocenters. The quantitative estimate of drug-likeness (QED) is 0.781. The predicted molar refractivity (Wildman–Crippen MR) is 63.7 cm³/mol. The summed E-state index contributed by atoms with van der Waals surface area (Å²) in [6.07, 6.45) is 2.90. The zero-order valence-electron chi connectivity index (χ0n) is 9.37. The highest BCUT2D eigenvalue weighted by Gasteiger charge is 2.20. The number of phenols is 1. The smallest absolute Gasteiger partial charge is 0.116 e. The fourth-order valence-electron chi connectivity index (χ4n) is 2.31. The van der Waals surface area contributed by atoms with Crippen LogP contribution >= 0.6 is 0 Å². The van der Waals surface area contributed by atoms with E-state index in [1.807, 2.05) is 18.3 Å². The van der Waals surface area contributed by atoms with Crippen LogP contribution in [0.5, 0.6) is 5.75 Å². The van der Waals surface area contributed by atoms with Gasteiger partial charge < -0.3 is 14.8 Å². The molecule has 1 atom stereocenters. The summed E-state index contributed by atoms with van der Waals surface area (Å²) < 4.78 is 2.11. The maximum Gasteiger partial charge on any atom is 0.116 e. The zero-order chi connectivity index (χ0) is 11.8. The third kappa shape index (κ3) is 1.80. The molecule has 0 amide bonds. The number of rotatable bonds is 1. The third-order valence-electron chi connectivity index (χ3n) is 3.18. The number of hydrogen-bond donors (Lipinski definition) is 2. The van der Waals surface area contributed by atoms with Gasteiger partial charge in [-0.05, 0) is 18.6 Å². The third-order valence-corrected chi connectivity index (χ3v) is 3.18. The Kier molecular flexibility index (Phi) is 2.37. The summed E-state index contributed by atoms with van der Waals surface area (Å²) in [6.45, 7) is 0.779. The maximum atomic E-state index is 9.59. The topological polar surface area (TPSA) is 58.3 Å². The molecule has 1 aromatic heterocycles. The van der Waals surface area contributed by atoms with Crippen LogP contribution in [0.2, 0.25) is 0 Å². The Morgan fingerprint density at radius 3 is 3.06 bits per heavy atom. The molecule has 4 heteroatoms. The van der Waals surface area contributed by atoms with Crippen LogP contribution in [0.1, 0.15) is 12.2 Å². The lowest BCUT2D eigenvalue weighted by molar-refractivity contribution is 0.142. The van der Waals surface area contributed by atoms with Crippen LogP contribution in [-0.2, 0) is 13.0 Å². The van der Waals surface area contributed by atoms with E-state index in [0.717, 1.165) is 30.0 Å². The van der Waals surface area contributed by atoms with Gasteiger partial charge in [-0.3, -0.25) is 0 Å². The molecule has 0 fully saturated rings. The van der Waals surface area contributed by atoms with Gasteiger partial charge in [0.2, 0.25) is 0 Å². The van der Waals surface area contributed by atoms with Crippen LogP contribution in [0.25, 0.3) is 11.3 Å². The first-order valence-electron chi connectivity index (χ1n) is 5.76. The largest absolute Gasteiger partial charge is 0.508 e. The van der Waals surface area contributed by atoms with E-state index < -0.39 is 0 Å². The van der Waals surface area contributed by atoms with Crippen molar-refractivity contribution in [3.63, 3.8) is 0 Å². The van der Waals surface area contributed by atoms with E-state index in [9.17, 15) is 10.2 Å². The second kappa shape index (κ2) is 3.89. The minimum absolute atomic E-state index is 0.258. The highest BCUT2D eigenvalue weighted by atomic mass is 16.3. The minimum atomic E-state index is -0.276. The molecule has 1 aromatic carbocycles. The summed E-state index contributed by atoms with van der Waals surface area (Å²) in [5.41, 5.74) is 1.96. The fraction of sp³-hybridized carbons (Fsp3) is 0.308. The van der Waals surface area contributed by atoms with Crippen molar-refractivity contribution in [2.75, 3.05) is 0 Å². The van der Waals surface area contributed by atoms with E-state index in [1.54, 1.807) is 12.1 Å². The Bertz CT molecular complexity index is 548. The van der Waals surface area contributed by atoms with Gasteiger partial charge in [0, 0.05) is 18.5 Å². The van der Waals surface area contributed by atoms with Gasteiger partial charge in [0.15, 0.2) is 0 Å². The average molecular weight is 230 g/mol. The van der Waals surface area contributed by atoms with Crippen molar-refractivity contribution in [1.29, 1.82) is 0 Å². The summed E-state index contributed by atoms with van der Waals surface area (Å²) in [5.74, 6) is 1.18. The molecule has 88 valence electrons. The molecule has 17 heavy (non-hydrogen) atoms. The fourth-order valence-corrected chi connectivity index (χ4v) is 2.31.